The van der Waals surface area contributed by atoms with Crippen molar-refractivity contribution in [3.63, 3.8) is 0 Å². The predicted molar refractivity (Wildman–Crippen MR) is 168 cm³/mol. The highest BCUT2D eigenvalue weighted by Gasteiger charge is 2.32. The monoisotopic (exact) mass is 611 g/mol. The fraction of sp³-hybridized carbons (Fsp3) is 0.394. The largest absolute Gasteiger partial charge is 0.494 e. The molecule has 3 rings (SSSR count). The summed E-state index contributed by atoms with van der Waals surface area (Å²) in [5.74, 6) is -0.388. The highest BCUT2D eigenvalue weighted by Crippen LogP contribution is 2.23. The lowest BCUT2D eigenvalue weighted by molar-refractivity contribution is -0.142. The van der Waals surface area contributed by atoms with Crippen LogP contribution in [0.3, 0.4) is 0 Å². The van der Waals surface area contributed by atoms with Crippen molar-refractivity contribution in [2.45, 2.75) is 65.1 Å². The number of nitrogens with zero attached hydrogens (tertiary/aromatic N) is 2. The molecule has 2 amide bonds. The molecule has 0 bridgehead atoms. The van der Waals surface area contributed by atoms with Gasteiger partial charge in [-0.1, -0.05) is 42.5 Å². The van der Waals surface area contributed by atoms with Crippen LogP contribution in [0.2, 0.25) is 0 Å². The fourth-order valence-electron chi connectivity index (χ4n) is 4.67. The number of rotatable bonds is 14. The number of hydrogen-bond acceptors (Lipinski definition) is 5. The highest BCUT2D eigenvalue weighted by atomic mass is 32.2. The second-order valence-corrected chi connectivity index (χ2v) is 13.4. The Balaban J connectivity index is 1.87. The number of carbonyl (C=O) groups excluding carboxylic acids is 2. The van der Waals surface area contributed by atoms with E-state index in [1.165, 1.54) is 21.3 Å². The molecule has 232 valence electrons. The van der Waals surface area contributed by atoms with E-state index in [-0.39, 0.29) is 44.2 Å². The Labute approximate surface area is 254 Å². The molecule has 3 aromatic rings. The van der Waals surface area contributed by atoms with Crippen molar-refractivity contribution in [1.29, 1.82) is 0 Å². The summed E-state index contributed by atoms with van der Waals surface area (Å²) in [6.45, 7) is 8.13. The van der Waals surface area contributed by atoms with Gasteiger partial charge in [0.05, 0.1) is 18.6 Å². The molecular weight excluding hydrogens is 569 g/mol. The first-order valence-electron chi connectivity index (χ1n) is 14.4. The molecule has 0 aliphatic carbocycles. The lowest BCUT2D eigenvalue weighted by atomic mass is 10.00. The SMILES string of the molecule is CCOc1ccc(N(CCCC(=O)N(Cc2ccc(F)cc2)[C@@H](Cc2ccccc2)C(=O)NC(C)(C)C)S(C)(=O)=O)cc1. The van der Waals surface area contributed by atoms with Crippen molar-refractivity contribution in [2.24, 2.45) is 0 Å². The van der Waals surface area contributed by atoms with Crippen LogP contribution in [0.4, 0.5) is 10.1 Å². The van der Waals surface area contributed by atoms with Crippen LogP contribution in [0.1, 0.15) is 51.7 Å². The van der Waals surface area contributed by atoms with Crippen LogP contribution in [0.25, 0.3) is 0 Å². The topological polar surface area (TPSA) is 96.0 Å². The smallest absolute Gasteiger partial charge is 0.243 e. The number of carbonyl (C=O) groups is 2. The third-order valence-electron chi connectivity index (χ3n) is 6.62. The van der Waals surface area contributed by atoms with Crippen LogP contribution in [0.5, 0.6) is 5.75 Å². The van der Waals surface area contributed by atoms with E-state index in [1.807, 2.05) is 58.0 Å². The molecule has 0 aliphatic rings. The Morgan fingerprint density at radius 3 is 2.12 bits per heavy atom. The maximum Gasteiger partial charge on any atom is 0.243 e. The predicted octanol–water partition coefficient (Wildman–Crippen LogP) is 5.33. The molecule has 43 heavy (non-hydrogen) atoms. The van der Waals surface area contributed by atoms with Gasteiger partial charge in [0.1, 0.15) is 17.6 Å². The fourth-order valence-corrected chi connectivity index (χ4v) is 5.64. The van der Waals surface area contributed by atoms with Gasteiger partial charge in [-0.25, -0.2) is 12.8 Å². The lowest BCUT2D eigenvalue weighted by Crippen LogP contribution is -2.54. The summed E-state index contributed by atoms with van der Waals surface area (Å²) in [5, 5.41) is 3.01. The van der Waals surface area contributed by atoms with E-state index in [0.29, 0.717) is 23.6 Å². The number of halogens is 1. The van der Waals surface area contributed by atoms with E-state index in [4.69, 9.17) is 4.74 Å². The van der Waals surface area contributed by atoms with Crippen LogP contribution in [-0.4, -0.2) is 56.1 Å². The Kier molecular flexibility index (Phi) is 11.7. The first kappa shape index (κ1) is 33.6. The minimum atomic E-state index is -3.64. The average molecular weight is 612 g/mol. The Hall–Kier alpha value is -3.92. The Morgan fingerprint density at radius 1 is 0.930 bits per heavy atom. The summed E-state index contributed by atoms with van der Waals surface area (Å²) >= 11 is 0. The molecule has 0 radical (unpaired) electrons. The summed E-state index contributed by atoms with van der Waals surface area (Å²) < 4.78 is 45.7. The van der Waals surface area contributed by atoms with Gasteiger partial charge in [0, 0.05) is 31.5 Å². The maximum atomic E-state index is 13.9. The van der Waals surface area contributed by atoms with Crippen molar-refractivity contribution in [2.75, 3.05) is 23.7 Å². The molecular formula is C33H42FN3O5S. The minimum absolute atomic E-state index is 0.00166. The number of nitrogens with one attached hydrogen (secondary N) is 1. The van der Waals surface area contributed by atoms with Gasteiger partial charge in [-0.05, 0) is 81.6 Å². The van der Waals surface area contributed by atoms with E-state index >= 15 is 0 Å². The first-order valence-corrected chi connectivity index (χ1v) is 16.2. The van der Waals surface area contributed by atoms with Crippen LogP contribution in [0.15, 0.2) is 78.9 Å². The molecule has 0 saturated carbocycles. The van der Waals surface area contributed by atoms with Crippen molar-refractivity contribution >= 4 is 27.5 Å². The maximum absolute atomic E-state index is 13.9. The number of anilines is 1. The van der Waals surface area contributed by atoms with E-state index in [0.717, 1.165) is 11.8 Å². The second kappa shape index (κ2) is 15.0. The van der Waals surface area contributed by atoms with Gasteiger partial charge in [-0.3, -0.25) is 13.9 Å². The standard InChI is InChI=1S/C33H42FN3O5S/c1-6-42-29-20-18-28(19-21-29)37(43(5,40)41)22-10-13-31(38)36(24-26-14-16-27(34)17-15-26)30(32(39)35-33(2,3)4)23-25-11-8-7-9-12-25/h7-9,11-12,14-21,30H,6,10,13,22-24H2,1-5H3,(H,35,39)/t30-/m0/s1. The molecule has 3 aromatic carbocycles. The summed E-state index contributed by atoms with van der Waals surface area (Å²) in [5.41, 5.74) is 1.48. The zero-order chi connectivity index (χ0) is 31.6. The van der Waals surface area contributed by atoms with Gasteiger partial charge >= 0.3 is 0 Å². The number of hydrogen-bond donors (Lipinski definition) is 1. The van der Waals surface area contributed by atoms with E-state index < -0.39 is 27.4 Å². The van der Waals surface area contributed by atoms with Gasteiger partial charge in [0.25, 0.3) is 0 Å². The van der Waals surface area contributed by atoms with Gasteiger partial charge in [0.15, 0.2) is 0 Å². The quantitative estimate of drug-likeness (QED) is 0.266. The summed E-state index contributed by atoms with van der Waals surface area (Å²) in [4.78, 5) is 29.1. The zero-order valence-electron chi connectivity index (χ0n) is 25.5. The van der Waals surface area contributed by atoms with Crippen LogP contribution in [0, 0.1) is 5.82 Å². The van der Waals surface area contributed by atoms with E-state index in [1.54, 1.807) is 36.4 Å². The lowest BCUT2D eigenvalue weighted by Gasteiger charge is -2.34. The molecule has 0 aliphatic heterocycles. The Bertz CT molecular complexity index is 1440. The Morgan fingerprint density at radius 2 is 1.56 bits per heavy atom. The van der Waals surface area contributed by atoms with Crippen molar-refractivity contribution in [1.82, 2.24) is 10.2 Å². The zero-order valence-corrected chi connectivity index (χ0v) is 26.4. The number of benzene rings is 3. The van der Waals surface area contributed by atoms with Crippen LogP contribution >= 0.6 is 0 Å². The third-order valence-corrected chi connectivity index (χ3v) is 7.82. The normalized spacial score (nSPS) is 12.3. The summed E-state index contributed by atoms with van der Waals surface area (Å²) in [6.07, 6.45) is 1.62. The van der Waals surface area contributed by atoms with Gasteiger partial charge < -0.3 is 15.0 Å². The molecule has 0 unspecified atom stereocenters. The molecule has 0 fully saturated rings. The average Bonchev–Trinajstić information content (AvgIpc) is 2.93. The molecule has 10 heteroatoms. The summed E-state index contributed by atoms with van der Waals surface area (Å²) in [7, 11) is -3.64. The van der Waals surface area contributed by atoms with Gasteiger partial charge in [-0.15, -0.1) is 0 Å². The molecule has 8 nitrogen and oxygen atoms in total. The van der Waals surface area contributed by atoms with Crippen LogP contribution in [-0.2, 0) is 32.6 Å². The third kappa shape index (κ3) is 10.7. The van der Waals surface area contributed by atoms with Gasteiger partial charge in [0.2, 0.25) is 21.8 Å². The number of sulfonamides is 1. The van der Waals surface area contributed by atoms with Crippen LogP contribution < -0.4 is 14.4 Å². The number of ether oxygens (including phenoxy) is 1. The first-order chi connectivity index (χ1) is 20.3. The van der Waals surface area contributed by atoms with Crippen molar-refractivity contribution < 1.29 is 27.1 Å². The highest BCUT2D eigenvalue weighted by molar-refractivity contribution is 7.92. The van der Waals surface area contributed by atoms with Crippen molar-refractivity contribution in [3.8, 4) is 5.75 Å². The van der Waals surface area contributed by atoms with Gasteiger partial charge in [-0.2, -0.15) is 0 Å². The molecule has 0 heterocycles. The molecule has 0 saturated heterocycles. The van der Waals surface area contributed by atoms with E-state index in [9.17, 15) is 22.4 Å². The summed E-state index contributed by atoms with van der Waals surface area (Å²) in [6, 6.07) is 21.2. The molecule has 0 aromatic heterocycles. The number of amides is 2. The second-order valence-electron chi connectivity index (χ2n) is 11.5. The molecule has 0 spiro atoms. The van der Waals surface area contributed by atoms with E-state index in [2.05, 4.69) is 5.32 Å². The molecule has 1 atom stereocenters. The minimum Gasteiger partial charge on any atom is -0.494 e. The molecule has 1 N–H and O–H groups in total. The van der Waals surface area contributed by atoms with Crippen molar-refractivity contribution in [3.05, 3.63) is 95.8 Å².